The Morgan fingerprint density at radius 1 is 0.706 bits per heavy atom. The summed E-state index contributed by atoms with van der Waals surface area (Å²) in [7, 11) is 0. The van der Waals surface area contributed by atoms with Gasteiger partial charge in [0.05, 0.1) is 0 Å². The number of fused-ring (bicyclic) bond motifs is 2. The monoisotopic (exact) mass is 462 g/mol. The average Bonchev–Trinajstić information content (AvgIpc) is 2.87. The zero-order valence-electron chi connectivity index (χ0n) is 19.7. The van der Waals surface area contributed by atoms with Crippen LogP contribution in [0.1, 0.15) is 25.0 Å². The van der Waals surface area contributed by atoms with Crippen LogP contribution in [0.2, 0.25) is 0 Å². The van der Waals surface area contributed by atoms with Crippen molar-refractivity contribution in [2.24, 2.45) is 0 Å². The summed E-state index contributed by atoms with van der Waals surface area (Å²) in [6.45, 7) is 11.0. The van der Waals surface area contributed by atoms with Gasteiger partial charge in [-0.3, -0.25) is 0 Å². The molecule has 0 saturated heterocycles. The van der Waals surface area contributed by atoms with Crippen molar-refractivity contribution in [2.75, 3.05) is 26.4 Å². The zero-order chi connectivity index (χ0) is 24.5. The minimum Gasteiger partial charge on any atom is -0.481 e. The van der Waals surface area contributed by atoms with Crippen molar-refractivity contribution in [2.45, 2.75) is 26.7 Å². The van der Waals surface area contributed by atoms with Gasteiger partial charge < -0.3 is 18.9 Å². The van der Waals surface area contributed by atoms with E-state index in [0.29, 0.717) is 11.5 Å². The van der Waals surface area contributed by atoms with E-state index in [1.54, 1.807) is 0 Å². The van der Waals surface area contributed by atoms with Crippen molar-refractivity contribution in [1.82, 2.24) is 0 Å². The molecule has 0 aliphatic carbocycles. The van der Waals surface area contributed by atoms with Crippen LogP contribution in [0, 0.1) is 0 Å². The Hall–Kier alpha value is -3.80. The van der Waals surface area contributed by atoms with E-state index < -0.39 is 11.9 Å². The molecule has 0 unspecified atom stereocenters. The molecule has 3 rings (SSSR count). The minimum atomic E-state index is -0.484. The summed E-state index contributed by atoms with van der Waals surface area (Å²) in [5.74, 6) is 0.173. The average molecular weight is 463 g/mol. The lowest BCUT2D eigenvalue weighted by atomic mass is 9.96. The molecule has 0 spiro atoms. The van der Waals surface area contributed by atoms with Crippen molar-refractivity contribution in [3.05, 3.63) is 72.8 Å². The number of carbonyl (C=O) groups is 2. The number of hydrogen-bond donors (Lipinski definition) is 0. The van der Waals surface area contributed by atoms with Gasteiger partial charge in [-0.05, 0) is 36.1 Å². The molecule has 0 atom stereocenters. The molecule has 0 radical (unpaired) electrons. The van der Waals surface area contributed by atoms with E-state index in [0.717, 1.165) is 45.5 Å². The minimum absolute atomic E-state index is 0.123. The summed E-state index contributed by atoms with van der Waals surface area (Å²) >= 11 is 0. The second-order valence-corrected chi connectivity index (χ2v) is 7.65. The van der Waals surface area contributed by atoms with Crippen LogP contribution in [0.5, 0.6) is 11.5 Å². The number of rotatable bonds is 12. The molecule has 178 valence electrons. The first kappa shape index (κ1) is 24.8. The molecular formula is C28H30O6. The highest BCUT2D eigenvalue weighted by atomic mass is 16.6. The van der Waals surface area contributed by atoms with Gasteiger partial charge in [-0.25, -0.2) is 9.59 Å². The summed E-state index contributed by atoms with van der Waals surface area (Å²) in [6, 6.07) is 12.0. The molecule has 34 heavy (non-hydrogen) atoms. The molecule has 0 fully saturated rings. The van der Waals surface area contributed by atoms with Crippen molar-refractivity contribution >= 4 is 33.5 Å². The van der Waals surface area contributed by atoms with Crippen molar-refractivity contribution < 1.29 is 28.5 Å². The molecule has 3 aromatic carbocycles. The zero-order valence-corrected chi connectivity index (χ0v) is 19.7. The highest BCUT2D eigenvalue weighted by molar-refractivity contribution is 6.11. The summed E-state index contributed by atoms with van der Waals surface area (Å²) in [5, 5.41) is 3.15. The third-order valence-corrected chi connectivity index (χ3v) is 5.36. The molecule has 0 heterocycles. The lowest BCUT2D eigenvalue weighted by Gasteiger charge is -2.18. The lowest BCUT2D eigenvalue weighted by Crippen LogP contribution is -2.16. The molecular weight excluding hydrogens is 432 g/mol. The van der Waals surface area contributed by atoms with E-state index in [9.17, 15) is 9.59 Å². The van der Waals surface area contributed by atoms with Gasteiger partial charge in [0.15, 0.2) is 13.2 Å². The summed E-state index contributed by atoms with van der Waals surface area (Å²) in [5.41, 5.74) is 2.21. The first-order valence-electron chi connectivity index (χ1n) is 11.3. The van der Waals surface area contributed by atoms with Gasteiger partial charge in [0.1, 0.15) is 24.7 Å². The first-order chi connectivity index (χ1) is 16.5. The Morgan fingerprint density at radius 3 is 1.50 bits per heavy atom. The Bertz CT molecular complexity index is 1150. The van der Waals surface area contributed by atoms with Crippen molar-refractivity contribution in [3.8, 4) is 11.5 Å². The fourth-order valence-corrected chi connectivity index (χ4v) is 3.64. The number of ether oxygens (including phenoxy) is 4. The van der Waals surface area contributed by atoms with Crippen LogP contribution in [0.15, 0.2) is 61.7 Å². The van der Waals surface area contributed by atoms with Crippen molar-refractivity contribution in [1.29, 1.82) is 0 Å². The standard InChI is InChI=1S/C28H30O6/c1-5-13-31-25(29)17-33-27-21-11-9-19(7-3)15-23(21)28(34-18-26(30)32-14-6-2)24-16-20(8-4)10-12-22(24)27/h5-6,9-12,15-16H,1-2,7-8,13-14,17-18H2,3-4H3. The van der Waals surface area contributed by atoms with E-state index >= 15 is 0 Å². The molecule has 0 bridgehead atoms. The molecule has 0 N–H and O–H groups in total. The molecule has 0 aliphatic heterocycles. The molecule has 6 heteroatoms. The van der Waals surface area contributed by atoms with E-state index in [4.69, 9.17) is 18.9 Å². The maximum absolute atomic E-state index is 12.1. The maximum atomic E-state index is 12.1. The van der Waals surface area contributed by atoms with Crippen LogP contribution in [-0.4, -0.2) is 38.4 Å². The molecule has 0 aromatic heterocycles. The Labute approximate surface area is 199 Å². The summed E-state index contributed by atoms with van der Waals surface area (Å²) in [6.07, 6.45) is 4.67. The molecule has 0 aliphatic rings. The molecule has 3 aromatic rings. The predicted molar refractivity (Wildman–Crippen MR) is 134 cm³/mol. The third-order valence-electron chi connectivity index (χ3n) is 5.36. The summed E-state index contributed by atoms with van der Waals surface area (Å²) in [4.78, 5) is 24.2. The Kier molecular flexibility index (Phi) is 8.68. The van der Waals surface area contributed by atoms with E-state index in [1.807, 2.05) is 36.4 Å². The maximum Gasteiger partial charge on any atom is 0.344 e. The van der Waals surface area contributed by atoms with Gasteiger partial charge in [-0.1, -0.05) is 63.4 Å². The Balaban J connectivity index is 2.15. The third kappa shape index (κ3) is 5.76. The number of aryl methyl sites for hydroxylation is 2. The highest BCUT2D eigenvalue weighted by Crippen LogP contribution is 2.43. The van der Waals surface area contributed by atoms with Gasteiger partial charge in [0.2, 0.25) is 0 Å². The van der Waals surface area contributed by atoms with Crippen LogP contribution in [-0.2, 0) is 31.9 Å². The number of benzene rings is 3. The van der Waals surface area contributed by atoms with Crippen LogP contribution >= 0.6 is 0 Å². The Morgan fingerprint density at radius 2 is 1.12 bits per heavy atom. The van der Waals surface area contributed by atoms with Gasteiger partial charge >= 0.3 is 11.9 Å². The second-order valence-electron chi connectivity index (χ2n) is 7.65. The largest absolute Gasteiger partial charge is 0.481 e. The number of carbonyl (C=O) groups excluding carboxylic acids is 2. The smallest absolute Gasteiger partial charge is 0.344 e. The topological polar surface area (TPSA) is 71.1 Å². The fraction of sp³-hybridized carbons (Fsp3) is 0.286. The second kappa shape index (κ2) is 11.9. The van der Waals surface area contributed by atoms with Gasteiger partial charge in [0.25, 0.3) is 0 Å². The molecule has 0 saturated carbocycles. The van der Waals surface area contributed by atoms with Crippen LogP contribution in [0.3, 0.4) is 0 Å². The predicted octanol–water partition coefficient (Wildman–Crippen LogP) is 5.33. The quantitative estimate of drug-likeness (QED) is 0.206. The molecule has 0 amide bonds. The first-order valence-corrected chi connectivity index (χ1v) is 11.3. The van der Waals surface area contributed by atoms with Crippen LogP contribution in [0.25, 0.3) is 21.5 Å². The fourth-order valence-electron chi connectivity index (χ4n) is 3.64. The number of hydrogen-bond acceptors (Lipinski definition) is 6. The van der Waals surface area contributed by atoms with E-state index in [-0.39, 0.29) is 26.4 Å². The van der Waals surface area contributed by atoms with Gasteiger partial charge in [0, 0.05) is 21.5 Å². The van der Waals surface area contributed by atoms with Crippen LogP contribution in [0.4, 0.5) is 0 Å². The van der Waals surface area contributed by atoms with Gasteiger partial charge in [-0.2, -0.15) is 0 Å². The normalized spacial score (nSPS) is 10.6. The SMILES string of the molecule is C=CCOC(=O)COc1c2ccc(CC)cc2c(OCC(=O)OCC=C)c2cc(CC)ccc12. The van der Waals surface area contributed by atoms with Gasteiger partial charge in [-0.15, -0.1) is 0 Å². The summed E-state index contributed by atoms with van der Waals surface area (Å²) < 4.78 is 22.2. The highest BCUT2D eigenvalue weighted by Gasteiger charge is 2.19. The van der Waals surface area contributed by atoms with E-state index in [1.165, 1.54) is 12.2 Å². The van der Waals surface area contributed by atoms with E-state index in [2.05, 4.69) is 27.0 Å². The lowest BCUT2D eigenvalue weighted by molar-refractivity contribution is -0.145. The van der Waals surface area contributed by atoms with Crippen molar-refractivity contribution in [3.63, 3.8) is 0 Å². The van der Waals surface area contributed by atoms with Crippen LogP contribution < -0.4 is 9.47 Å². The molecule has 6 nitrogen and oxygen atoms in total. The number of esters is 2.